The Kier molecular flexibility index (Phi) is 4.35. The van der Waals surface area contributed by atoms with E-state index in [-0.39, 0.29) is 5.60 Å². The molecule has 0 aliphatic carbocycles. The highest BCUT2D eigenvalue weighted by molar-refractivity contribution is 4.78. The molecule has 2 unspecified atom stereocenters. The van der Waals surface area contributed by atoms with Crippen LogP contribution in [0.4, 0.5) is 0 Å². The van der Waals surface area contributed by atoms with Gasteiger partial charge in [0.1, 0.15) is 0 Å². The predicted molar refractivity (Wildman–Crippen MR) is 57.5 cm³/mol. The maximum Gasteiger partial charge on any atom is 0.0700 e. The molecule has 1 aliphatic heterocycles. The van der Waals surface area contributed by atoms with Crippen molar-refractivity contribution in [3.63, 3.8) is 0 Å². The summed E-state index contributed by atoms with van der Waals surface area (Å²) in [5.41, 5.74) is -0.0283. The van der Waals surface area contributed by atoms with E-state index in [0.717, 1.165) is 26.2 Å². The quantitative estimate of drug-likeness (QED) is 0.700. The average Bonchev–Trinajstić information content (AvgIpc) is 2.44. The third kappa shape index (κ3) is 4.40. The molecular weight excluding hydrogens is 178 g/mol. The first kappa shape index (κ1) is 12.0. The number of rotatable bonds is 4. The minimum absolute atomic E-state index is 0.0283. The lowest BCUT2D eigenvalue weighted by Gasteiger charge is -2.21. The van der Waals surface area contributed by atoms with Gasteiger partial charge in [-0.25, -0.2) is 0 Å². The molecule has 0 amide bonds. The maximum atomic E-state index is 5.62. The Morgan fingerprint density at radius 1 is 1.43 bits per heavy atom. The maximum absolute atomic E-state index is 5.62. The van der Waals surface area contributed by atoms with Crippen molar-refractivity contribution in [2.24, 2.45) is 0 Å². The van der Waals surface area contributed by atoms with Crippen LogP contribution >= 0.6 is 0 Å². The fourth-order valence-electron chi connectivity index (χ4n) is 1.60. The summed E-state index contributed by atoms with van der Waals surface area (Å²) in [6.45, 7) is 10.9. The van der Waals surface area contributed by atoms with E-state index in [4.69, 9.17) is 9.47 Å². The lowest BCUT2D eigenvalue weighted by molar-refractivity contribution is -0.00239. The van der Waals surface area contributed by atoms with Gasteiger partial charge in [-0.3, -0.25) is 0 Å². The second-order valence-corrected chi connectivity index (χ2v) is 4.89. The SMILES string of the molecule is CC1OCCC1NCCOC(C)(C)C. The van der Waals surface area contributed by atoms with Crippen LogP contribution in [0.3, 0.4) is 0 Å². The smallest absolute Gasteiger partial charge is 0.0700 e. The van der Waals surface area contributed by atoms with Crippen LogP contribution in [-0.4, -0.2) is 37.5 Å². The summed E-state index contributed by atoms with van der Waals surface area (Å²) in [7, 11) is 0. The summed E-state index contributed by atoms with van der Waals surface area (Å²) in [5.74, 6) is 0. The fourth-order valence-corrected chi connectivity index (χ4v) is 1.60. The zero-order chi connectivity index (χ0) is 10.6. The minimum Gasteiger partial charge on any atom is -0.377 e. The Balaban J connectivity index is 2.04. The molecule has 84 valence electrons. The van der Waals surface area contributed by atoms with Gasteiger partial charge in [0.25, 0.3) is 0 Å². The summed E-state index contributed by atoms with van der Waals surface area (Å²) >= 11 is 0. The monoisotopic (exact) mass is 201 g/mol. The molecule has 2 atom stereocenters. The second-order valence-electron chi connectivity index (χ2n) is 4.89. The Hall–Kier alpha value is -0.120. The van der Waals surface area contributed by atoms with Gasteiger partial charge in [0, 0.05) is 19.2 Å². The van der Waals surface area contributed by atoms with Crippen molar-refractivity contribution >= 4 is 0 Å². The lowest BCUT2D eigenvalue weighted by atomic mass is 10.1. The van der Waals surface area contributed by atoms with Crippen LogP contribution in [0, 0.1) is 0 Å². The highest BCUT2D eigenvalue weighted by Gasteiger charge is 2.23. The molecule has 1 rings (SSSR count). The number of hydrogen-bond acceptors (Lipinski definition) is 3. The van der Waals surface area contributed by atoms with E-state index < -0.39 is 0 Å². The van der Waals surface area contributed by atoms with Gasteiger partial charge in [0.2, 0.25) is 0 Å². The summed E-state index contributed by atoms with van der Waals surface area (Å²) in [4.78, 5) is 0. The van der Waals surface area contributed by atoms with Gasteiger partial charge in [0.05, 0.1) is 18.3 Å². The highest BCUT2D eigenvalue weighted by atomic mass is 16.5. The minimum atomic E-state index is -0.0283. The molecule has 0 bridgehead atoms. The first-order chi connectivity index (χ1) is 6.49. The van der Waals surface area contributed by atoms with Crippen molar-refractivity contribution in [2.45, 2.75) is 51.9 Å². The zero-order valence-corrected chi connectivity index (χ0v) is 9.80. The third-order valence-corrected chi connectivity index (χ3v) is 2.42. The molecule has 0 saturated carbocycles. The molecule has 0 aromatic rings. The normalized spacial score (nSPS) is 28.3. The number of hydrogen-bond donors (Lipinski definition) is 1. The number of ether oxygens (including phenoxy) is 2. The molecule has 0 aromatic carbocycles. The summed E-state index contributed by atoms with van der Waals surface area (Å²) < 4.78 is 11.1. The molecular formula is C11H23NO2. The van der Waals surface area contributed by atoms with Gasteiger partial charge < -0.3 is 14.8 Å². The van der Waals surface area contributed by atoms with Crippen LogP contribution < -0.4 is 5.32 Å². The van der Waals surface area contributed by atoms with Crippen LogP contribution in [0.5, 0.6) is 0 Å². The van der Waals surface area contributed by atoms with Crippen LogP contribution in [0.1, 0.15) is 34.1 Å². The Morgan fingerprint density at radius 3 is 2.64 bits per heavy atom. The van der Waals surface area contributed by atoms with Crippen LogP contribution in [-0.2, 0) is 9.47 Å². The van der Waals surface area contributed by atoms with E-state index in [1.54, 1.807) is 0 Å². The molecule has 1 saturated heterocycles. The largest absolute Gasteiger partial charge is 0.377 e. The third-order valence-electron chi connectivity index (χ3n) is 2.42. The van der Waals surface area contributed by atoms with Crippen LogP contribution in [0.2, 0.25) is 0 Å². The first-order valence-corrected chi connectivity index (χ1v) is 5.48. The van der Waals surface area contributed by atoms with Crippen molar-refractivity contribution in [2.75, 3.05) is 19.8 Å². The summed E-state index contributed by atoms with van der Waals surface area (Å²) in [6, 6.07) is 0.513. The average molecular weight is 201 g/mol. The predicted octanol–water partition coefficient (Wildman–Crippen LogP) is 1.57. The van der Waals surface area contributed by atoms with Gasteiger partial charge in [0.15, 0.2) is 0 Å². The molecule has 3 heteroatoms. The Bertz CT molecular complexity index is 165. The van der Waals surface area contributed by atoms with E-state index in [2.05, 4.69) is 33.0 Å². The van der Waals surface area contributed by atoms with Crippen LogP contribution in [0.15, 0.2) is 0 Å². The molecule has 0 radical (unpaired) electrons. The number of nitrogens with one attached hydrogen (secondary N) is 1. The van der Waals surface area contributed by atoms with E-state index >= 15 is 0 Å². The van der Waals surface area contributed by atoms with Gasteiger partial charge in [-0.2, -0.15) is 0 Å². The Labute approximate surface area is 87.2 Å². The topological polar surface area (TPSA) is 30.5 Å². The molecule has 1 heterocycles. The van der Waals surface area contributed by atoms with E-state index in [1.807, 2.05) is 0 Å². The standard InChI is InChI=1S/C11H23NO2/c1-9-10(5-7-13-9)12-6-8-14-11(2,3)4/h9-10,12H,5-8H2,1-4H3. The van der Waals surface area contributed by atoms with Crippen molar-refractivity contribution in [1.82, 2.24) is 5.32 Å². The first-order valence-electron chi connectivity index (χ1n) is 5.48. The van der Waals surface area contributed by atoms with Crippen LogP contribution in [0.25, 0.3) is 0 Å². The van der Waals surface area contributed by atoms with Crippen molar-refractivity contribution in [3.8, 4) is 0 Å². The molecule has 14 heavy (non-hydrogen) atoms. The zero-order valence-electron chi connectivity index (χ0n) is 9.80. The van der Waals surface area contributed by atoms with E-state index in [1.165, 1.54) is 0 Å². The van der Waals surface area contributed by atoms with Crippen molar-refractivity contribution in [1.29, 1.82) is 0 Å². The molecule has 0 spiro atoms. The molecule has 3 nitrogen and oxygen atoms in total. The van der Waals surface area contributed by atoms with Crippen molar-refractivity contribution < 1.29 is 9.47 Å². The molecule has 1 aliphatic rings. The van der Waals surface area contributed by atoms with E-state index in [9.17, 15) is 0 Å². The van der Waals surface area contributed by atoms with Gasteiger partial charge >= 0.3 is 0 Å². The molecule has 1 N–H and O–H groups in total. The Morgan fingerprint density at radius 2 is 2.14 bits per heavy atom. The summed E-state index contributed by atoms with van der Waals surface area (Å²) in [6.07, 6.45) is 1.47. The highest BCUT2D eigenvalue weighted by Crippen LogP contribution is 2.12. The molecule has 0 aromatic heterocycles. The lowest BCUT2D eigenvalue weighted by Crippen LogP contribution is -2.37. The molecule has 1 fully saturated rings. The van der Waals surface area contributed by atoms with Gasteiger partial charge in [-0.05, 0) is 34.1 Å². The fraction of sp³-hybridized carbons (Fsp3) is 1.00. The van der Waals surface area contributed by atoms with E-state index in [0.29, 0.717) is 12.1 Å². The van der Waals surface area contributed by atoms with Gasteiger partial charge in [-0.1, -0.05) is 0 Å². The summed E-state index contributed by atoms with van der Waals surface area (Å²) in [5, 5.41) is 3.45. The van der Waals surface area contributed by atoms with Gasteiger partial charge in [-0.15, -0.1) is 0 Å². The second kappa shape index (κ2) is 5.10. The van der Waals surface area contributed by atoms with Crippen molar-refractivity contribution in [3.05, 3.63) is 0 Å².